The van der Waals surface area contributed by atoms with Crippen LogP contribution in [0.1, 0.15) is 40.0 Å². The Hall–Kier alpha value is -0.360. The summed E-state index contributed by atoms with van der Waals surface area (Å²) in [7, 11) is 1.37. The van der Waals surface area contributed by atoms with Crippen molar-refractivity contribution in [2.24, 2.45) is 0 Å². The van der Waals surface area contributed by atoms with Crippen LogP contribution in [0, 0.1) is 0 Å². The van der Waals surface area contributed by atoms with Gasteiger partial charge in [-0.25, -0.2) is 4.79 Å². The fourth-order valence-corrected chi connectivity index (χ4v) is 4.01. The molecule has 0 amide bonds. The van der Waals surface area contributed by atoms with E-state index >= 15 is 0 Å². The zero-order valence-corrected chi connectivity index (χ0v) is 13.2. The summed E-state index contributed by atoms with van der Waals surface area (Å²) in [5, 5.41) is 1.84. The van der Waals surface area contributed by atoms with Crippen LogP contribution in [0.5, 0.6) is 0 Å². The van der Waals surface area contributed by atoms with Gasteiger partial charge in [0.25, 0.3) is 0 Å². The monoisotopic (exact) mass is 303 g/mol. The van der Waals surface area contributed by atoms with Gasteiger partial charge in [0.15, 0.2) is 4.87 Å². The molecule has 6 heteroatoms. The van der Waals surface area contributed by atoms with Crippen LogP contribution in [0.25, 0.3) is 0 Å². The van der Waals surface area contributed by atoms with Crippen molar-refractivity contribution in [2.75, 3.05) is 13.7 Å². The number of alkyl halides is 1. The van der Waals surface area contributed by atoms with Crippen LogP contribution in [0.3, 0.4) is 0 Å². The summed E-state index contributed by atoms with van der Waals surface area (Å²) < 4.78 is 11.1. The Bertz CT molecular complexity index is 431. The van der Waals surface area contributed by atoms with Gasteiger partial charge in [0.05, 0.1) is 24.9 Å². The summed E-state index contributed by atoms with van der Waals surface area (Å²) in [5.41, 5.74) is -0.875. The van der Waals surface area contributed by atoms with Crippen molar-refractivity contribution in [3.8, 4) is 0 Å². The molecule has 0 radical (unpaired) electrons. The first-order valence-corrected chi connectivity index (χ1v) is 7.52. The van der Waals surface area contributed by atoms with E-state index in [0.29, 0.717) is 0 Å². The molecule has 0 aromatic heterocycles. The number of esters is 1. The highest BCUT2D eigenvalue weighted by Crippen LogP contribution is 2.61. The topological polar surface area (TPSA) is 48.0 Å². The van der Waals surface area contributed by atoms with E-state index in [1.807, 2.05) is 25.8 Å². The highest BCUT2D eigenvalue weighted by Gasteiger charge is 2.77. The smallest absolute Gasteiger partial charge is 0.331 e. The fourth-order valence-electron chi connectivity index (χ4n) is 3.46. The first-order chi connectivity index (χ1) is 9.23. The number of fused-ring (bicyclic) bond motifs is 1. The van der Waals surface area contributed by atoms with Crippen LogP contribution >= 0.6 is 11.6 Å². The number of carbonyl (C=O) groups excluding carboxylic acids is 1. The standard InChI is InChI=1S/C14H22ClNO4/c1-12(2,3)19-9-5-8-16-10(9)14(15,11(17)18-4)13(20-16)6-7-13/h9-10H,5-8H2,1-4H3/t9-,10-,14+/m0/s1. The second kappa shape index (κ2) is 4.32. The molecule has 3 rings (SSSR count). The maximum Gasteiger partial charge on any atom is 0.331 e. The highest BCUT2D eigenvalue weighted by atomic mass is 35.5. The van der Waals surface area contributed by atoms with Gasteiger partial charge in [-0.1, -0.05) is 0 Å². The number of hydrogen-bond donors (Lipinski definition) is 0. The highest BCUT2D eigenvalue weighted by molar-refractivity contribution is 6.36. The third kappa shape index (κ3) is 1.90. The minimum absolute atomic E-state index is 0.119. The maximum absolute atomic E-state index is 12.3. The summed E-state index contributed by atoms with van der Waals surface area (Å²) in [4.78, 5) is 17.2. The van der Waals surface area contributed by atoms with E-state index in [0.717, 1.165) is 25.8 Å². The van der Waals surface area contributed by atoms with E-state index in [4.69, 9.17) is 25.9 Å². The minimum atomic E-state index is -1.16. The van der Waals surface area contributed by atoms with Crippen molar-refractivity contribution < 1.29 is 19.1 Å². The van der Waals surface area contributed by atoms with E-state index < -0.39 is 16.4 Å². The zero-order chi connectivity index (χ0) is 14.8. The number of hydrogen-bond acceptors (Lipinski definition) is 5. The molecule has 114 valence electrons. The molecule has 0 N–H and O–H groups in total. The zero-order valence-electron chi connectivity index (χ0n) is 12.4. The molecule has 2 aliphatic heterocycles. The predicted octanol–water partition coefficient (Wildman–Crippen LogP) is 1.87. The van der Waals surface area contributed by atoms with Gasteiger partial charge in [-0.3, -0.25) is 4.84 Å². The van der Waals surface area contributed by atoms with Gasteiger partial charge in [-0.2, -0.15) is 5.06 Å². The molecule has 0 aromatic carbocycles. The number of rotatable bonds is 2. The van der Waals surface area contributed by atoms with E-state index in [1.165, 1.54) is 7.11 Å². The molecule has 1 aliphatic carbocycles. The second-order valence-corrected chi connectivity index (χ2v) is 7.53. The maximum atomic E-state index is 12.3. The Kier molecular flexibility index (Phi) is 3.15. The van der Waals surface area contributed by atoms with Crippen molar-refractivity contribution in [3.05, 3.63) is 0 Å². The first-order valence-electron chi connectivity index (χ1n) is 7.14. The Balaban J connectivity index is 1.92. The molecule has 0 unspecified atom stereocenters. The van der Waals surface area contributed by atoms with Crippen LogP contribution in [-0.2, 0) is 19.1 Å². The van der Waals surface area contributed by atoms with E-state index in [9.17, 15) is 4.79 Å². The van der Waals surface area contributed by atoms with Crippen LogP contribution in [0.4, 0.5) is 0 Å². The van der Waals surface area contributed by atoms with Crippen molar-refractivity contribution in [2.45, 2.75) is 68.3 Å². The minimum Gasteiger partial charge on any atom is -0.468 e. The molecule has 20 heavy (non-hydrogen) atoms. The normalized spacial score (nSPS) is 39.0. The van der Waals surface area contributed by atoms with Crippen molar-refractivity contribution in [1.82, 2.24) is 5.06 Å². The van der Waals surface area contributed by atoms with Gasteiger partial charge in [-0.05, 0) is 40.0 Å². The Morgan fingerprint density at radius 2 is 2.05 bits per heavy atom. The molecule has 3 atom stereocenters. The van der Waals surface area contributed by atoms with Gasteiger partial charge < -0.3 is 9.47 Å². The van der Waals surface area contributed by atoms with Crippen LogP contribution in [-0.4, -0.2) is 52.9 Å². The third-order valence-corrected chi connectivity index (χ3v) is 5.07. The van der Waals surface area contributed by atoms with Gasteiger partial charge in [0.2, 0.25) is 0 Å². The molecular formula is C14H22ClNO4. The molecule has 5 nitrogen and oxygen atoms in total. The Morgan fingerprint density at radius 3 is 2.55 bits per heavy atom. The number of carbonyl (C=O) groups is 1. The van der Waals surface area contributed by atoms with E-state index in [2.05, 4.69) is 0 Å². The average Bonchev–Trinajstić information content (AvgIpc) is 2.96. The molecule has 3 fully saturated rings. The summed E-state index contributed by atoms with van der Waals surface area (Å²) in [6.07, 6.45) is 2.28. The van der Waals surface area contributed by atoms with Crippen LogP contribution < -0.4 is 0 Å². The van der Waals surface area contributed by atoms with Crippen LogP contribution in [0.15, 0.2) is 0 Å². The lowest BCUT2D eigenvalue weighted by Gasteiger charge is -2.34. The molecular weight excluding hydrogens is 282 g/mol. The molecule has 2 saturated heterocycles. The molecule has 2 heterocycles. The summed E-state index contributed by atoms with van der Waals surface area (Å²) in [6, 6.07) is -0.279. The summed E-state index contributed by atoms with van der Waals surface area (Å²) >= 11 is 6.78. The molecule has 0 bridgehead atoms. The molecule has 1 spiro atoms. The lowest BCUT2D eigenvalue weighted by molar-refractivity contribution is -0.168. The van der Waals surface area contributed by atoms with Crippen molar-refractivity contribution in [1.29, 1.82) is 0 Å². The Morgan fingerprint density at radius 1 is 1.40 bits per heavy atom. The molecule has 3 aliphatic rings. The van der Waals surface area contributed by atoms with Crippen LogP contribution in [0.2, 0.25) is 0 Å². The lowest BCUT2D eigenvalue weighted by Crippen LogP contribution is -2.56. The van der Waals surface area contributed by atoms with Crippen molar-refractivity contribution >= 4 is 17.6 Å². The molecule has 0 aromatic rings. The third-order valence-electron chi connectivity index (χ3n) is 4.35. The van der Waals surface area contributed by atoms with Gasteiger partial charge in [-0.15, -0.1) is 11.6 Å². The SMILES string of the molecule is COC(=O)[C@]1(Cl)[C@@H]2[C@@H](OC(C)(C)C)CCN2OC12CC2. The van der Waals surface area contributed by atoms with E-state index in [-0.39, 0.29) is 17.7 Å². The Labute approximate surface area is 124 Å². The van der Waals surface area contributed by atoms with Gasteiger partial charge in [0, 0.05) is 6.54 Å². The van der Waals surface area contributed by atoms with Gasteiger partial charge >= 0.3 is 5.97 Å². The quantitative estimate of drug-likeness (QED) is 0.576. The number of nitrogens with zero attached hydrogens (tertiary/aromatic N) is 1. The van der Waals surface area contributed by atoms with E-state index in [1.54, 1.807) is 0 Å². The largest absolute Gasteiger partial charge is 0.468 e. The summed E-state index contributed by atoms with van der Waals surface area (Å²) in [6.45, 7) is 6.75. The average molecular weight is 304 g/mol. The second-order valence-electron chi connectivity index (χ2n) is 6.93. The number of methoxy groups -OCH3 is 1. The number of halogens is 1. The van der Waals surface area contributed by atoms with Crippen molar-refractivity contribution in [3.63, 3.8) is 0 Å². The fraction of sp³-hybridized carbons (Fsp3) is 0.929. The molecule has 1 saturated carbocycles. The van der Waals surface area contributed by atoms with Gasteiger partial charge in [0.1, 0.15) is 5.60 Å². The lowest BCUT2D eigenvalue weighted by atomic mass is 9.88. The predicted molar refractivity (Wildman–Crippen MR) is 73.4 cm³/mol. The number of hydroxylamine groups is 2. The summed E-state index contributed by atoms with van der Waals surface area (Å²) in [5.74, 6) is -0.409. The first kappa shape index (κ1) is 14.6. The number of ether oxygens (including phenoxy) is 2.